The smallest absolute Gasteiger partial charge is 0.303 e. The Morgan fingerprint density at radius 2 is 0.960 bits per heavy atom. The van der Waals surface area contributed by atoms with Gasteiger partial charge >= 0.3 is 5.97 Å². The van der Waals surface area contributed by atoms with Crippen molar-refractivity contribution in [3.63, 3.8) is 0 Å². The fourth-order valence-electron chi connectivity index (χ4n) is 12.1. The van der Waals surface area contributed by atoms with Gasteiger partial charge in [0.05, 0.1) is 19.1 Å². The summed E-state index contributed by atoms with van der Waals surface area (Å²) in [6.07, 6.45) is 0.203. The fraction of sp³-hybridized carbons (Fsp3) is 0.708. The first kappa shape index (κ1) is 87.1. The van der Waals surface area contributed by atoms with Gasteiger partial charge in [-0.2, -0.15) is 0 Å². The Morgan fingerprint density at radius 3 is 1.43 bits per heavy atom. The summed E-state index contributed by atoms with van der Waals surface area (Å²) in [4.78, 5) is 194. The van der Waals surface area contributed by atoms with Crippen LogP contribution in [-0.4, -0.2) is 244 Å². The molecule has 1 aliphatic heterocycles. The zero-order valence-corrected chi connectivity index (χ0v) is 63.5. The summed E-state index contributed by atoms with van der Waals surface area (Å²) in [5.41, 5.74) is 1.91. The van der Waals surface area contributed by atoms with Gasteiger partial charge in [0, 0.05) is 61.4 Å². The molecular weight excluding hydrogens is 1270 g/mol. The number of nitrogens with zero attached hydrogens (tertiary/aromatic N) is 7. The summed E-state index contributed by atoms with van der Waals surface area (Å²) < 4.78 is 0. The normalized spacial score (nSPS) is 24.7. The predicted octanol–water partition coefficient (Wildman–Crippen LogP) is 4.60. The zero-order valence-electron chi connectivity index (χ0n) is 63.5. The number of carboxylic acid groups (broad SMARTS) is 1. The number of nitrogens with one attached hydrogen (secondary N) is 5. The Bertz CT molecular complexity index is 3010. The predicted molar refractivity (Wildman–Crippen MR) is 379 cm³/mol. The lowest BCUT2D eigenvalue weighted by atomic mass is 9.90. The number of benzene rings is 1. The number of hydrogen-bond acceptors (Lipinski definition) is 14. The van der Waals surface area contributed by atoms with Crippen LogP contribution in [0, 0.1) is 41.4 Å². The molecule has 0 spiro atoms. The number of carbonyl (C=O) groups is 13. The van der Waals surface area contributed by atoms with E-state index in [1.165, 1.54) is 87.7 Å². The van der Waals surface area contributed by atoms with E-state index >= 15 is 19.2 Å². The molecule has 0 aliphatic carbocycles. The van der Waals surface area contributed by atoms with E-state index in [0.717, 1.165) is 20.9 Å². The highest BCUT2D eigenvalue weighted by Gasteiger charge is 2.46. The molecule has 7 N–H and O–H groups in total. The molecule has 0 bridgehead atoms. The zero-order chi connectivity index (χ0) is 76.1. The second kappa shape index (κ2) is 39.7. The lowest BCUT2D eigenvalue weighted by molar-refractivity contribution is -0.157. The molecule has 2 unspecified atom stereocenters. The number of aliphatic hydroxyl groups is 1. The lowest BCUT2D eigenvalue weighted by Crippen LogP contribution is -2.63. The van der Waals surface area contributed by atoms with Gasteiger partial charge in [0.1, 0.15) is 60.4 Å². The molecule has 0 aromatic heterocycles. The molecule has 1 heterocycles. The Hall–Kier alpha value is -7.97. The van der Waals surface area contributed by atoms with Gasteiger partial charge in [0.2, 0.25) is 70.9 Å². The summed E-state index contributed by atoms with van der Waals surface area (Å²) in [5, 5.41) is 35.2. The fourth-order valence-corrected chi connectivity index (χ4v) is 12.1. The summed E-state index contributed by atoms with van der Waals surface area (Å²) in [7, 11) is 9.76. The standard InChI is InChI=1S/C72H120N12O15/c1-25-51-68(95)78(18)38-57(86)79(19)52(34-39(2)3)65(92)77-59(43(10)11)71(98)80(20)53(35-40(4)5)64(91)73-47(16)63(90)74-48(17)67(94)81(21)54(36-41(6)7)69(96)82(22)55(37-42(8)9)70(97)83(23)60(44(12)13)72(99)84(24)61(66(93)76-51)62(89)46(15)27-26-45(14)49-28-30-50(31-29-49)75-56(85)32-33-58(87)88/h26,28-31,39-44,46-48,51-55,59-62,89H,25,27,32-38H2,1-24H3,(H,73,91)(H,74,90)(H,75,85)(H,76,93)(H,77,92)(H,87,88)/b45-26-/t46-,47+,48+,51+,52+,53+,54+,55+,59+,60?,61?,62-/m1/s1. The molecule has 558 valence electrons. The van der Waals surface area contributed by atoms with Crippen LogP contribution in [0.2, 0.25) is 0 Å². The van der Waals surface area contributed by atoms with Crippen LogP contribution < -0.4 is 26.6 Å². The van der Waals surface area contributed by atoms with Crippen molar-refractivity contribution in [1.29, 1.82) is 0 Å². The van der Waals surface area contributed by atoms with Gasteiger partial charge in [-0.3, -0.25) is 62.3 Å². The maximum Gasteiger partial charge on any atom is 0.303 e. The van der Waals surface area contributed by atoms with Crippen LogP contribution in [0.5, 0.6) is 0 Å². The number of amides is 12. The second-order valence-corrected chi connectivity index (χ2v) is 29.4. The largest absolute Gasteiger partial charge is 0.481 e. The molecule has 27 heteroatoms. The van der Waals surface area contributed by atoms with E-state index in [-0.39, 0.29) is 75.0 Å². The third-order valence-corrected chi connectivity index (χ3v) is 18.3. The monoisotopic (exact) mass is 1390 g/mol. The number of aliphatic hydroxyl groups excluding tert-OH is 1. The molecule has 1 aromatic carbocycles. The van der Waals surface area contributed by atoms with E-state index in [4.69, 9.17) is 5.11 Å². The molecule has 12 atom stereocenters. The van der Waals surface area contributed by atoms with Crippen molar-refractivity contribution in [1.82, 2.24) is 55.6 Å². The molecule has 1 saturated heterocycles. The number of aliphatic carboxylic acids is 1. The molecule has 1 aromatic rings. The molecule has 1 fully saturated rings. The van der Waals surface area contributed by atoms with E-state index in [0.29, 0.717) is 5.69 Å². The molecule has 0 radical (unpaired) electrons. The molecule has 0 saturated carbocycles. The highest BCUT2D eigenvalue weighted by molar-refractivity contribution is 6.00. The van der Waals surface area contributed by atoms with Crippen molar-refractivity contribution in [2.24, 2.45) is 41.4 Å². The van der Waals surface area contributed by atoms with E-state index in [1.807, 2.05) is 68.4 Å². The summed E-state index contributed by atoms with van der Waals surface area (Å²) >= 11 is 0. The average molecular weight is 1390 g/mol. The van der Waals surface area contributed by atoms with Crippen molar-refractivity contribution in [2.45, 2.75) is 236 Å². The van der Waals surface area contributed by atoms with Crippen LogP contribution in [0.15, 0.2) is 30.3 Å². The van der Waals surface area contributed by atoms with E-state index < -0.39 is 168 Å². The molecule has 27 nitrogen and oxygen atoms in total. The maximum atomic E-state index is 15.5. The van der Waals surface area contributed by atoms with Crippen molar-refractivity contribution in [2.75, 3.05) is 61.2 Å². The van der Waals surface area contributed by atoms with Crippen molar-refractivity contribution < 1.29 is 72.5 Å². The van der Waals surface area contributed by atoms with Crippen molar-refractivity contribution in [3.05, 3.63) is 35.9 Å². The minimum absolute atomic E-state index is 0.0385. The SMILES string of the molecule is CC[C@@H]1NC(=O)C([C@H](O)[C@H](C)C/C=C(/C)c2ccc(NC(=O)CCC(=O)O)cc2)N(C)C(=O)C(C(C)C)N(C)C(=O)[C@H](CC(C)C)N(C)C(=O)[C@H](CC(C)C)N(C)C(=O)[C@H](C)NC(=O)[C@H](C)NC(=O)[C@H](CC(C)C)N(C)C(=O)[C@H](C(C)C)NC(=O)[C@H](CC(C)C)N(C)C(=O)CN(C)C1=O. The van der Waals surface area contributed by atoms with Crippen LogP contribution in [0.25, 0.3) is 5.57 Å². The van der Waals surface area contributed by atoms with Crippen LogP contribution in [0.1, 0.15) is 175 Å². The minimum Gasteiger partial charge on any atom is -0.481 e. The van der Waals surface area contributed by atoms with Gasteiger partial charge in [-0.1, -0.05) is 115 Å². The van der Waals surface area contributed by atoms with Gasteiger partial charge in [-0.25, -0.2) is 0 Å². The molecule has 12 amide bonds. The first-order valence-corrected chi connectivity index (χ1v) is 34.9. The Kier molecular flexibility index (Phi) is 35.0. The van der Waals surface area contributed by atoms with Gasteiger partial charge in [0.15, 0.2) is 0 Å². The number of rotatable bonds is 20. The summed E-state index contributed by atoms with van der Waals surface area (Å²) in [6, 6.07) is -6.09. The van der Waals surface area contributed by atoms with Gasteiger partial charge in [-0.15, -0.1) is 0 Å². The number of carboxylic acids is 1. The number of hydrogen-bond donors (Lipinski definition) is 7. The molecular formula is C72H120N12O15. The Morgan fingerprint density at radius 1 is 0.515 bits per heavy atom. The summed E-state index contributed by atoms with van der Waals surface area (Å²) in [5.74, 6) is -12.1. The average Bonchev–Trinajstić information content (AvgIpc) is 0.805. The van der Waals surface area contributed by atoms with E-state index in [2.05, 4.69) is 26.6 Å². The Labute approximate surface area is 588 Å². The minimum atomic E-state index is -1.74. The first-order valence-electron chi connectivity index (χ1n) is 34.9. The highest BCUT2D eigenvalue weighted by Crippen LogP contribution is 2.27. The number of likely N-dealkylation sites (N-methyl/N-ethyl adjacent to an activating group) is 7. The maximum absolute atomic E-state index is 15.5. The van der Waals surface area contributed by atoms with Crippen LogP contribution >= 0.6 is 0 Å². The molecule has 1 aliphatic rings. The molecule has 99 heavy (non-hydrogen) atoms. The Balaban J connectivity index is 3.00. The number of anilines is 1. The van der Waals surface area contributed by atoms with Crippen molar-refractivity contribution in [3.8, 4) is 0 Å². The molecule has 2 rings (SSSR count). The van der Waals surface area contributed by atoms with Gasteiger partial charge in [0.25, 0.3) is 0 Å². The van der Waals surface area contributed by atoms with Crippen LogP contribution in [0.3, 0.4) is 0 Å². The van der Waals surface area contributed by atoms with Crippen LogP contribution in [-0.2, 0) is 62.3 Å². The highest BCUT2D eigenvalue weighted by atomic mass is 16.4. The van der Waals surface area contributed by atoms with Gasteiger partial charge in [-0.05, 0) is 124 Å². The van der Waals surface area contributed by atoms with E-state index in [9.17, 15) is 48.3 Å². The van der Waals surface area contributed by atoms with Crippen LogP contribution in [0.4, 0.5) is 5.69 Å². The first-order chi connectivity index (χ1) is 45.8. The number of carbonyl (C=O) groups excluding carboxylic acids is 12. The van der Waals surface area contributed by atoms with Crippen molar-refractivity contribution >= 4 is 88.1 Å². The quantitative estimate of drug-likeness (QED) is 0.0938. The lowest BCUT2D eigenvalue weighted by Gasteiger charge is -2.41. The van der Waals surface area contributed by atoms with Gasteiger partial charge < -0.3 is 71.1 Å². The second-order valence-electron chi connectivity index (χ2n) is 29.4. The topological polar surface area (TPSA) is 345 Å². The van der Waals surface area contributed by atoms with E-state index in [1.54, 1.807) is 65.8 Å². The summed E-state index contributed by atoms with van der Waals surface area (Å²) in [6.45, 7) is 29.0. The third kappa shape index (κ3) is 25.3. The number of allylic oxidation sites excluding steroid dienone is 2. The third-order valence-electron chi connectivity index (χ3n) is 18.3.